The van der Waals surface area contributed by atoms with Crippen LogP contribution < -0.4 is 5.84 Å². The quantitative estimate of drug-likeness (QED) is 0.449. The van der Waals surface area contributed by atoms with Gasteiger partial charge in [-0.1, -0.05) is 31.5 Å². The van der Waals surface area contributed by atoms with Gasteiger partial charge in [-0.15, -0.1) is 0 Å². The number of nitrogens with two attached hydrogens (primary N) is 1. The summed E-state index contributed by atoms with van der Waals surface area (Å²) in [5.41, 5.74) is 0.645. The average molecular weight is 192 g/mol. The lowest BCUT2D eigenvalue weighted by Crippen LogP contribution is -2.38. The number of rotatable bonds is 4. The molecule has 14 heavy (non-hydrogen) atoms. The van der Waals surface area contributed by atoms with Crippen molar-refractivity contribution in [3.8, 4) is 0 Å². The second-order valence-electron chi connectivity index (χ2n) is 3.22. The predicted molar refractivity (Wildman–Crippen MR) is 56.6 cm³/mol. The molecule has 0 spiro atoms. The maximum absolute atomic E-state index is 11.7. The third-order valence-corrected chi connectivity index (χ3v) is 2.03. The highest BCUT2D eigenvalue weighted by atomic mass is 16.2. The largest absolute Gasteiger partial charge is 0.277 e. The number of benzene rings is 1. The minimum Gasteiger partial charge on any atom is -0.277 e. The van der Waals surface area contributed by atoms with Gasteiger partial charge in [-0.3, -0.25) is 9.80 Å². The van der Waals surface area contributed by atoms with Crippen LogP contribution in [0.15, 0.2) is 30.3 Å². The van der Waals surface area contributed by atoms with E-state index in [0.29, 0.717) is 12.1 Å². The number of nitrogens with zero attached hydrogens (tertiary/aromatic N) is 1. The monoisotopic (exact) mass is 192 g/mol. The van der Waals surface area contributed by atoms with Crippen LogP contribution in [0.25, 0.3) is 0 Å². The van der Waals surface area contributed by atoms with Gasteiger partial charge in [0, 0.05) is 12.1 Å². The van der Waals surface area contributed by atoms with Crippen molar-refractivity contribution in [2.24, 2.45) is 5.84 Å². The van der Waals surface area contributed by atoms with E-state index >= 15 is 0 Å². The molecule has 3 nitrogen and oxygen atoms in total. The smallest absolute Gasteiger partial charge is 0.267 e. The summed E-state index contributed by atoms with van der Waals surface area (Å²) in [7, 11) is 0. The minimum absolute atomic E-state index is 0.112. The Kier molecular flexibility index (Phi) is 4.13. The summed E-state index contributed by atoms with van der Waals surface area (Å²) in [6.45, 7) is 2.69. The Morgan fingerprint density at radius 3 is 2.57 bits per heavy atom. The lowest BCUT2D eigenvalue weighted by Gasteiger charge is -2.15. The van der Waals surface area contributed by atoms with Crippen LogP contribution >= 0.6 is 0 Å². The van der Waals surface area contributed by atoms with Crippen LogP contribution in [-0.2, 0) is 0 Å². The highest BCUT2D eigenvalue weighted by molar-refractivity contribution is 5.93. The Balaban J connectivity index is 2.57. The third-order valence-electron chi connectivity index (χ3n) is 2.03. The molecule has 0 aliphatic rings. The third kappa shape index (κ3) is 2.85. The van der Waals surface area contributed by atoms with Crippen molar-refractivity contribution in [2.75, 3.05) is 6.54 Å². The van der Waals surface area contributed by atoms with Gasteiger partial charge in [0.1, 0.15) is 0 Å². The van der Waals surface area contributed by atoms with Crippen LogP contribution in [0, 0.1) is 0 Å². The number of carbonyl (C=O) groups excluding carboxylic acids is 1. The second-order valence-corrected chi connectivity index (χ2v) is 3.22. The van der Waals surface area contributed by atoms with Crippen LogP contribution in [0.4, 0.5) is 0 Å². The van der Waals surface area contributed by atoms with Crippen LogP contribution in [0.3, 0.4) is 0 Å². The molecule has 1 aromatic carbocycles. The van der Waals surface area contributed by atoms with Gasteiger partial charge in [0.05, 0.1) is 0 Å². The molecule has 0 unspecified atom stereocenters. The van der Waals surface area contributed by atoms with E-state index in [-0.39, 0.29) is 5.91 Å². The number of hydrazine groups is 1. The fourth-order valence-electron chi connectivity index (χ4n) is 1.18. The van der Waals surface area contributed by atoms with Gasteiger partial charge in [0.15, 0.2) is 0 Å². The molecule has 1 rings (SSSR count). The molecule has 1 aromatic rings. The Labute approximate surface area is 84.5 Å². The molecule has 0 aliphatic carbocycles. The Bertz CT molecular complexity index is 285. The first-order valence-corrected chi connectivity index (χ1v) is 4.87. The molecule has 3 heteroatoms. The van der Waals surface area contributed by atoms with Crippen LogP contribution in [0.2, 0.25) is 0 Å². The molecule has 0 saturated carbocycles. The maximum atomic E-state index is 11.7. The molecule has 76 valence electrons. The van der Waals surface area contributed by atoms with Crippen molar-refractivity contribution in [3.63, 3.8) is 0 Å². The molecule has 0 fully saturated rings. The van der Waals surface area contributed by atoms with Gasteiger partial charge in [0.2, 0.25) is 0 Å². The van der Waals surface area contributed by atoms with E-state index in [2.05, 4.69) is 6.92 Å². The van der Waals surface area contributed by atoms with Crippen molar-refractivity contribution in [2.45, 2.75) is 19.8 Å². The fraction of sp³-hybridized carbons (Fsp3) is 0.364. The van der Waals surface area contributed by atoms with Crippen molar-refractivity contribution < 1.29 is 4.79 Å². The lowest BCUT2D eigenvalue weighted by molar-refractivity contribution is 0.0753. The Hall–Kier alpha value is -1.35. The summed E-state index contributed by atoms with van der Waals surface area (Å²) < 4.78 is 0. The molecule has 0 aliphatic heterocycles. The maximum Gasteiger partial charge on any atom is 0.267 e. The highest BCUT2D eigenvalue weighted by Gasteiger charge is 2.10. The molecular formula is C11H16N2O. The van der Waals surface area contributed by atoms with Crippen LogP contribution in [0.5, 0.6) is 0 Å². The fourth-order valence-corrected chi connectivity index (χ4v) is 1.18. The zero-order chi connectivity index (χ0) is 10.4. The van der Waals surface area contributed by atoms with Gasteiger partial charge in [-0.25, -0.2) is 5.84 Å². The van der Waals surface area contributed by atoms with E-state index in [9.17, 15) is 4.79 Å². The molecule has 0 aromatic heterocycles. The average Bonchev–Trinajstić information content (AvgIpc) is 2.26. The molecule has 1 amide bonds. The van der Waals surface area contributed by atoms with Crippen molar-refractivity contribution in [1.82, 2.24) is 5.01 Å². The lowest BCUT2D eigenvalue weighted by atomic mass is 10.2. The highest BCUT2D eigenvalue weighted by Crippen LogP contribution is 2.02. The Morgan fingerprint density at radius 2 is 2.00 bits per heavy atom. The first-order chi connectivity index (χ1) is 6.75. The molecule has 0 bridgehead atoms. The topological polar surface area (TPSA) is 46.3 Å². The SMILES string of the molecule is CCCCN(N)C(=O)c1ccccc1. The van der Waals surface area contributed by atoms with Gasteiger partial charge >= 0.3 is 0 Å². The summed E-state index contributed by atoms with van der Waals surface area (Å²) in [6.07, 6.45) is 1.98. The number of hydrogen-bond donors (Lipinski definition) is 1. The summed E-state index contributed by atoms with van der Waals surface area (Å²) in [5.74, 6) is 5.51. The molecule has 0 atom stereocenters. The van der Waals surface area contributed by atoms with Gasteiger partial charge in [-0.05, 0) is 18.6 Å². The standard InChI is InChI=1S/C11H16N2O/c1-2-3-9-13(12)11(14)10-7-5-4-6-8-10/h4-8H,2-3,9,12H2,1H3. The Morgan fingerprint density at radius 1 is 1.36 bits per heavy atom. The van der Waals surface area contributed by atoms with Gasteiger partial charge in [-0.2, -0.15) is 0 Å². The number of hydrogen-bond acceptors (Lipinski definition) is 2. The van der Waals surface area contributed by atoms with E-state index in [4.69, 9.17) is 5.84 Å². The van der Waals surface area contributed by atoms with E-state index in [1.165, 1.54) is 5.01 Å². The first kappa shape index (κ1) is 10.7. The second kappa shape index (κ2) is 5.40. The minimum atomic E-state index is -0.112. The van der Waals surface area contributed by atoms with E-state index in [0.717, 1.165) is 12.8 Å². The molecular weight excluding hydrogens is 176 g/mol. The molecule has 0 heterocycles. The van der Waals surface area contributed by atoms with E-state index < -0.39 is 0 Å². The summed E-state index contributed by atoms with van der Waals surface area (Å²) >= 11 is 0. The van der Waals surface area contributed by atoms with Crippen molar-refractivity contribution in [3.05, 3.63) is 35.9 Å². The van der Waals surface area contributed by atoms with Crippen LogP contribution in [0.1, 0.15) is 30.1 Å². The number of carbonyl (C=O) groups is 1. The zero-order valence-corrected chi connectivity index (χ0v) is 8.44. The normalized spacial score (nSPS) is 9.86. The zero-order valence-electron chi connectivity index (χ0n) is 8.44. The molecule has 0 radical (unpaired) electrons. The summed E-state index contributed by atoms with van der Waals surface area (Å²) in [6, 6.07) is 9.09. The summed E-state index contributed by atoms with van der Waals surface area (Å²) in [5, 5.41) is 1.28. The van der Waals surface area contributed by atoms with Gasteiger partial charge in [0.25, 0.3) is 5.91 Å². The first-order valence-electron chi connectivity index (χ1n) is 4.87. The number of amides is 1. The predicted octanol–water partition coefficient (Wildman–Crippen LogP) is 1.80. The summed E-state index contributed by atoms with van der Waals surface area (Å²) in [4.78, 5) is 11.7. The van der Waals surface area contributed by atoms with Crippen LogP contribution in [-0.4, -0.2) is 17.5 Å². The van der Waals surface area contributed by atoms with Gasteiger partial charge < -0.3 is 0 Å². The van der Waals surface area contributed by atoms with E-state index in [1.54, 1.807) is 12.1 Å². The molecule has 0 saturated heterocycles. The van der Waals surface area contributed by atoms with Crippen molar-refractivity contribution >= 4 is 5.91 Å². The van der Waals surface area contributed by atoms with Crippen molar-refractivity contribution in [1.29, 1.82) is 0 Å². The number of unbranched alkanes of at least 4 members (excludes halogenated alkanes) is 1. The van der Waals surface area contributed by atoms with E-state index in [1.807, 2.05) is 18.2 Å². The molecule has 2 N–H and O–H groups in total.